The second-order valence-corrected chi connectivity index (χ2v) is 3.18. The van der Waals surface area contributed by atoms with Gasteiger partial charge in [0.25, 0.3) is 0 Å². The number of hydrogen-bond acceptors (Lipinski definition) is 2. The average molecular weight is 178 g/mol. The number of fused-ring (bicyclic) bond motifs is 1. The predicted octanol–water partition coefficient (Wildman–Crippen LogP) is 1.87. The summed E-state index contributed by atoms with van der Waals surface area (Å²) in [6, 6.07) is 1.90. The summed E-state index contributed by atoms with van der Waals surface area (Å²) in [6.45, 7) is 3.21. The zero-order chi connectivity index (χ0) is 9.26. The van der Waals surface area contributed by atoms with Gasteiger partial charge >= 0.3 is 0 Å². The SMILES string of the molecule is Cc1cc2n(c1)CC(N=[N+]=[N-])CO2. The molecule has 1 aliphatic heterocycles. The number of ether oxygens (including phenoxy) is 1. The third-order valence-electron chi connectivity index (χ3n) is 2.04. The van der Waals surface area contributed by atoms with Crippen molar-refractivity contribution in [1.29, 1.82) is 0 Å². The lowest BCUT2D eigenvalue weighted by atomic mass is 10.3. The van der Waals surface area contributed by atoms with Crippen molar-refractivity contribution in [1.82, 2.24) is 4.57 Å². The first-order valence-corrected chi connectivity index (χ1v) is 4.13. The number of azide groups is 1. The number of nitrogens with zero attached hydrogens (tertiary/aromatic N) is 4. The molecule has 1 aromatic rings. The molecule has 0 spiro atoms. The Balaban J connectivity index is 2.23. The maximum absolute atomic E-state index is 8.27. The fourth-order valence-corrected chi connectivity index (χ4v) is 1.50. The summed E-state index contributed by atoms with van der Waals surface area (Å²) in [4.78, 5) is 2.77. The van der Waals surface area contributed by atoms with E-state index in [2.05, 4.69) is 10.0 Å². The summed E-state index contributed by atoms with van der Waals surface area (Å²) < 4.78 is 7.38. The van der Waals surface area contributed by atoms with Gasteiger partial charge in [0.15, 0.2) is 5.88 Å². The van der Waals surface area contributed by atoms with Gasteiger partial charge in [-0.05, 0) is 18.0 Å². The molecule has 68 valence electrons. The molecule has 1 aliphatic rings. The van der Waals surface area contributed by atoms with E-state index >= 15 is 0 Å². The van der Waals surface area contributed by atoms with Crippen molar-refractivity contribution in [3.05, 3.63) is 28.3 Å². The Kier molecular flexibility index (Phi) is 1.87. The van der Waals surface area contributed by atoms with Crippen LogP contribution in [0.25, 0.3) is 10.4 Å². The van der Waals surface area contributed by atoms with Gasteiger partial charge < -0.3 is 9.30 Å². The minimum atomic E-state index is -0.0794. The van der Waals surface area contributed by atoms with Crippen LogP contribution in [-0.4, -0.2) is 17.2 Å². The van der Waals surface area contributed by atoms with E-state index in [1.807, 2.05) is 23.8 Å². The number of aromatic nitrogens is 1. The molecular weight excluding hydrogens is 168 g/mol. The molecular formula is C8H10N4O. The molecule has 0 saturated carbocycles. The molecule has 0 bridgehead atoms. The zero-order valence-electron chi connectivity index (χ0n) is 7.34. The van der Waals surface area contributed by atoms with Gasteiger partial charge in [0.2, 0.25) is 0 Å². The molecule has 0 aromatic carbocycles. The molecule has 0 radical (unpaired) electrons. The molecule has 0 N–H and O–H groups in total. The van der Waals surface area contributed by atoms with Gasteiger partial charge in [-0.1, -0.05) is 5.11 Å². The molecule has 13 heavy (non-hydrogen) atoms. The molecule has 2 rings (SSSR count). The highest BCUT2D eigenvalue weighted by Gasteiger charge is 2.17. The molecule has 0 amide bonds. The van der Waals surface area contributed by atoms with Crippen LogP contribution in [0.1, 0.15) is 5.56 Å². The van der Waals surface area contributed by atoms with Gasteiger partial charge in [-0.25, -0.2) is 0 Å². The van der Waals surface area contributed by atoms with Crippen molar-refractivity contribution in [2.45, 2.75) is 19.5 Å². The smallest absolute Gasteiger partial charge is 0.193 e. The van der Waals surface area contributed by atoms with Crippen molar-refractivity contribution in [3.63, 3.8) is 0 Å². The Morgan fingerprint density at radius 2 is 2.62 bits per heavy atom. The molecule has 2 heterocycles. The van der Waals surface area contributed by atoms with Crippen LogP contribution in [0.15, 0.2) is 17.4 Å². The topological polar surface area (TPSA) is 62.9 Å². The van der Waals surface area contributed by atoms with Crippen LogP contribution in [0.4, 0.5) is 0 Å². The summed E-state index contributed by atoms with van der Waals surface area (Å²) in [5, 5.41) is 3.63. The van der Waals surface area contributed by atoms with Gasteiger partial charge in [0.05, 0.1) is 6.04 Å². The van der Waals surface area contributed by atoms with Gasteiger partial charge in [-0.2, -0.15) is 0 Å². The summed E-state index contributed by atoms with van der Waals surface area (Å²) in [7, 11) is 0. The molecule has 5 heteroatoms. The van der Waals surface area contributed by atoms with Crippen molar-refractivity contribution in [2.24, 2.45) is 5.11 Å². The molecule has 1 atom stereocenters. The van der Waals surface area contributed by atoms with Crippen LogP contribution in [0, 0.1) is 6.92 Å². The standard InChI is InChI=1S/C8H10N4O/c1-6-2-8-12(3-6)4-7(5-13-8)10-11-9/h2-3,7H,4-5H2,1H3. The summed E-state index contributed by atoms with van der Waals surface area (Å²) in [5.41, 5.74) is 9.43. The second kappa shape index (κ2) is 3.03. The minimum absolute atomic E-state index is 0.0794. The Hall–Kier alpha value is -1.61. The Labute approximate surface area is 75.6 Å². The van der Waals surface area contributed by atoms with Crippen LogP contribution < -0.4 is 4.74 Å². The number of rotatable bonds is 1. The van der Waals surface area contributed by atoms with E-state index in [4.69, 9.17) is 10.3 Å². The van der Waals surface area contributed by atoms with Crippen molar-refractivity contribution < 1.29 is 4.74 Å². The quantitative estimate of drug-likeness (QED) is 0.368. The lowest BCUT2D eigenvalue weighted by Crippen LogP contribution is -2.27. The van der Waals surface area contributed by atoms with Crippen molar-refractivity contribution in [3.8, 4) is 5.88 Å². The number of hydrogen-bond donors (Lipinski definition) is 0. The van der Waals surface area contributed by atoms with E-state index in [0.717, 1.165) is 11.4 Å². The predicted molar refractivity (Wildman–Crippen MR) is 47.6 cm³/mol. The minimum Gasteiger partial charge on any atom is -0.478 e. The zero-order valence-corrected chi connectivity index (χ0v) is 7.34. The molecule has 1 aromatic heterocycles. The summed E-state index contributed by atoms with van der Waals surface area (Å²) in [6.07, 6.45) is 1.99. The lowest BCUT2D eigenvalue weighted by Gasteiger charge is -2.21. The van der Waals surface area contributed by atoms with E-state index < -0.39 is 0 Å². The Bertz CT molecular complexity index is 364. The maximum atomic E-state index is 8.27. The summed E-state index contributed by atoms with van der Waals surface area (Å²) >= 11 is 0. The van der Waals surface area contributed by atoms with E-state index in [1.54, 1.807) is 0 Å². The van der Waals surface area contributed by atoms with Crippen LogP contribution in [-0.2, 0) is 6.54 Å². The van der Waals surface area contributed by atoms with Crippen LogP contribution >= 0.6 is 0 Å². The monoisotopic (exact) mass is 178 g/mol. The van der Waals surface area contributed by atoms with Crippen LogP contribution in [0.3, 0.4) is 0 Å². The van der Waals surface area contributed by atoms with E-state index in [9.17, 15) is 0 Å². The summed E-state index contributed by atoms with van der Waals surface area (Å²) in [5.74, 6) is 0.863. The fraction of sp³-hybridized carbons (Fsp3) is 0.500. The lowest BCUT2D eigenvalue weighted by molar-refractivity contribution is 0.216. The first kappa shape index (κ1) is 8.01. The first-order valence-electron chi connectivity index (χ1n) is 4.13. The van der Waals surface area contributed by atoms with Crippen molar-refractivity contribution >= 4 is 0 Å². The number of aryl methyl sites for hydroxylation is 1. The van der Waals surface area contributed by atoms with Gasteiger partial charge in [0, 0.05) is 23.7 Å². The van der Waals surface area contributed by atoms with Gasteiger partial charge in [0.1, 0.15) is 6.61 Å². The highest BCUT2D eigenvalue weighted by Crippen LogP contribution is 2.21. The van der Waals surface area contributed by atoms with Crippen LogP contribution in [0.5, 0.6) is 5.88 Å². The largest absolute Gasteiger partial charge is 0.478 e. The normalized spacial score (nSPS) is 19.9. The van der Waals surface area contributed by atoms with Gasteiger partial charge in [-0.3, -0.25) is 0 Å². The second-order valence-electron chi connectivity index (χ2n) is 3.18. The molecule has 0 saturated heterocycles. The highest BCUT2D eigenvalue weighted by molar-refractivity contribution is 5.23. The van der Waals surface area contributed by atoms with E-state index in [1.165, 1.54) is 0 Å². The van der Waals surface area contributed by atoms with Gasteiger partial charge in [-0.15, -0.1) is 0 Å². The first-order chi connectivity index (χ1) is 6.29. The van der Waals surface area contributed by atoms with E-state index in [-0.39, 0.29) is 6.04 Å². The third kappa shape index (κ3) is 1.46. The molecule has 0 aliphatic carbocycles. The molecule has 0 fully saturated rings. The third-order valence-corrected chi connectivity index (χ3v) is 2.04. The highest BCUT2D eigenvalue weighted by atomic mass is 16.5. The molecule has 1 unspecified atom stereocenters. The average Bonchev–Trinajstić information content (AvgIpc) is 2.44. The maximum Gasteiger partial charge on any atom is 0.193 e. The Morgan fingerprint density at radius 1 is 1.77 bits per heavy atom. The van der Waals surface area contributed by atoms with Crippen LogP contribution in [0.2, 0.25) is 0 Å². The van der Waals surface area contributed by atoms with E-state index in [0.29, 0.717) is 13.2 Å². The molecule has 5 nitrogen and oxygen atoms in total. The fourth-order valence-electron chi connectivity index (χ4n) is 1.50. The van der Waals surface area contributed by atoms with Crippen molar-refractivity contribution in [2.75, 3.05) is 6.61 Å². The Morgan fingerprint density at radius 3 is 3.38 bits per heavy atom.